The summed E-state index contributed by atoms with van der Waals surface area (Å²) in [6.07, 6.45) is -38.3. The van der Waals surface area contributed by atoms with Crippen LogP contribution in [0.2, 0.25) is 0 Å². The molecule has 10 rings (SSSR count). The minimum Gasteiger partial charge on any atom is -0.0622 e. The Morgan fingerprint density at radius 3 is 0.975 bits per heavy atom. The predicted octanol–water partition coefficient (Wildman–Crippen LogP) is 27.0. The Morgan fingerprint density at radius 1 is 0.300 bits per heavy atom. The maximum atomic E-state index is 9.00. The first kappa shape index (κ1) is 29.5. The number of hydrogen-bond donors (Lipinski definition) is 0. The lowest BCUT2D eigenvalue weighted by molar-refractivity contribution is -0.00888. The van der Waals surface area contributed by atoms with E-state index in [-0.39, 0.29) is 16.2 Å². The summed E-state index contributed by atoms with van der Waals surface area (Å²) < 4.78 is 388. The van der Waals surface area contributed by atoms with Crippen molar-refractivity contribution >= 4 is 0 Å². The van der Waals surface area contributed by atoms with Crippen LogP contribution in [0.1, 0.15) is 450 Å². The lowest BCUT2D eigenvalue weighted by Gasteiger charge is -2.51. The number of rotatable bonds is 0. The summed E-state index contributed by atoms with van der Waals surface area (Å²) in [5.74, 6) is -22.8. The molecule has 10 aliphatic carbocycles. The fraction of sp³-hybridized carbons (Fsp3) is 1.00. The Labute approximate surface area is 569 Å². The minimum atomic E-state index is -4.08. The quantitative estimate of drug-likeness (QED) is 0.227. The highest BCUT2D eigenvalue weighted by atomic mass is 14.5. The number of hydrogen-bond acceptors (Lipinski definition) is 0. The van der Waals surface area contributed by atoms with E-state index in [2.05, 4.69) is 0 Å². The van der Waals surface area contributed by atoms with Crippen molar-refractivity contribution in [3.05, 3.63) is 0 Å². The third kappa shape index (κ3) is 18.5. The van der Waals surface area contributed by atoms with Crippen LogP contribution in [0.25, 0.3) is 0 Å². The van der Waals surface area contributed by atoms with Crippen LogP contribution < -0.4 is 0 Å². The van der Waals surface area contributed by atoms with E-state index in [4.69, 9.17) is 61.7 Å². The molecule has 10 fully saturated rings. The van der Waals surface area contributed by atoms with Crippen molar-refractivity contribution in [2.24, 2.45) is 119 Å². The zero-order chi connectivity index (χ0) is 99.8. The molecule has 0 heteroatoms. The van der Waals surface area contributed by atoms with Crippen LogP contribution >= 0.6 is 0 Å². The Morgan fingerprint density at radius 2 is 0.637 bits per heavy atom. The molecular formula is C80H150. The van der Waals surface area contributed by atoms with Crippen LogP contribution in [0.3, 0.4) is 0 Å². The maximum Gasteiger partial charge on any atom is 0.0311 e. The normalized spacial score (nSPS) is 66.3. The topological polar surface area (TPSA) is 0 Å². The summed E-state index contributed by atoms with van der Waals surface area (Å²) in [4.78, 5) is 0. The molecule has 10 atom stereocenters. The van der Waals surface area contributed by atoms with Gasteiger partial charge in [0.15, 0.2) is 0 Å². The van der Waals surface area contributed by atoms with Crippen LogP contribution in [-0.4, -0.2) is 0 Å². The molecule has 0 saturated heterocycles. The molecule has 0 aromatic heterocycles. The zero-order valence-corrected chi connectivity index (χ0v) is 54.8. The molecule has 0 aromatic carbocycles. The highest BCUT2D eigenvalue weighted by Gasteiger charge is 2.48. The second-order valence-electron chi connectivity index (χ2n) is 31.4. The summed E-state index contributed by atoms with van der Waals surface area (Å²) in [7, 11) is 0. The van der Waals surface area contributed by atoms with E-state index >= 15 is 0 Å². The van der Waals surface area contributed by atoms with Gasteiger partial charge >= 0.3 is 0 Å². The van der Waals surface area contributed by atoms with Gasteiger partial charge < -0.3 is 0 Å². The molecule has 5 spiro atoms. The van der Waals surface area contributed by atoms with E-state index in [1.165, 1.54) is 60.8 Å². The van der Waals surface area contributed by atoms with Crippen LogP contribution in [-0.2, 0) is 0 Å². The van der Waals surface area contributed by atoms with Gasteiger partial charge in [0.1, 0.15) is 0 Å². The molecule has 0 amide bonds. The van der Waals surface area contributed by atoms with Gasteiger partial charge in [-0.25, -0.2) is 0 Å². The fourth-order valence-corrected chi connectivity index (χ4v) is 14.6. The molecule has 10 saturated carbocycles. The van der Waals surface area contributed by atoms with Crippen LogP contribution in [0, 0.1) is 119 Å². The molecule has 470 valence electrons. The molecule has 10 unspecified atom stereocenters. The summed E-state index contributed by atoms with van der Waals surface area (Å²) in [5.41, 5.74) is -13.1. The van der Waals surface area contributed by atoms with E-state index in [1.54, 1.807) is 13.8 Å². The fourth-order valence-electron chi connectivity index (χ4n) is 14.6. The van der Waals surface area contributed by atoms with Gasteiger partial charge in [-0.2, -0.15) is 0 Å². The Bertz CT molecular complexity index is 3730. The molecule has 0 radical (unpaired) electrons. The van der Waals surface area contributed by atoms with E-state index in [9.17, 15) is 0 Å². The molecular weight excluding hydrogens is 961 g/mol. The predicted molar refractivity (Wildman–Crippen MR) is 357 cm³/mol. The molecule has 0 nitrogen and oxygen atoms in total. The van der Waals surface area contributed by atoms with Crippen LogP contribution in [0.5, 0.6) is 0 Å². The van der Waals surface area contributed by atoms with Crippen molar-refractivity contribution in [2.75, 3.05) is 0 Å². The van der Waals surface area contributed by atoms with E-state index < -0.39 is 211 Å². The first-order valence-corrected chi connectivity index (χ1v) is 31.4. The standard InChI is InChI=1S/2C17H32.C16H30.2C15H28/c1-13-7-6-10-17(14(13)2)11-8-15(9-12-17)16(3,4)5;1-14-13-17(10-7-5-6-8-11-17)12-9-15(14)16(2,3)4;1-13-12-16(9-6-5-7-10-16)11-8-14(13)15(2,3)4;2*1-12-11-15(8-5-6-9-15)10-7-13(12)14(2,3)4/h13-15H,6-12H2,1-5H3;14-15H,5-13H2,1-4H3;13-14H,5-12H2,1-4H3;2*12-13H,5-11H2,1-4H3/i6D2,7D2,8D2,9D2,10D2,11D2,12D2,13D,14D,15D;9D2,14D,15D;8D2,13D,14D;5D2,6D2,7D2,8D2,9D2,10D2,11D2,12D,13D;7D2,12D,13D. The second-order valence-corrected chi connectivity index (χ2v) is 31.4. The van der Waals surface area contributed by atoms with Gasteiger partial charge in [-0.15, -0.1) is 0 Å². The molecule has 0 bridgehead atoms. The molecule has 80 heavy (non-hydrogen) atoms. The van der Waals surface area contributed by atoms with Gasteiger partial charge in [-0.1, -0.05) is 229 Å². The largest absolute Gasteiger partial charge is 0.0622 e. The lowest BCUT2D eigenvalue weighted by atomic mass is 9.54. The van der Waals surface area contributed by atoms with Crippen molar-refractivity contribution in [3.8, 4) is 0 Å². The molecule has 0 aliphatic heterocycles. The van der Waals surface area contributed by atoms with Crippen LogP contribution in [0.4, 0.5) is 0 Å². The van der Waals surface area contributed by atoms with Crippen molar-refractivity contribution in [1.82, 2.24) is 0 Å². The van der Waals surface area contributed by atoms with Crippen molar-refractivity contribution < 1.29 is 61.7 Å². The van der Waals surface area contributed by atoms with Gasteiger partial charge in [-0.05, 0) is 279 Å². The lowest BCUT2D eigenvalue weighted by Crippen LogP contribution is -2.41. The SMILES string of the molecule is [2H]C1([2H])C([2H])([2H])C([2H])(C)C([2H])(C)C2(C1([2H])[2H])C([2H])([2H])C([2H])([2H])C([2H])(C(C)(C)C)C([2H])([2H])C2([2H])[2H].[2H]C1([2H])C([2H])([2H])C([2H])([2H])C2(C1([2H])[2H])C([2H])([2H])C([2H])([2H])C([2H])(C(C)(C)C)C([2H])(C)C2([2H])[2H].[2H]C1([2H])CC2(CCCC2)CC([2H])(C)C1([2H])C(C)(C)C.[2H]C1([2H])CC2(CCCCC2)CC([2H])(C)C1([2H])C(C)(C)C.[2H]C1([2H])CC2(CCCCCC2)CC([2H])(C)C1([2H])C(C)(C)C. The zero-order valence-electron chi connectivity index (χ0n) is 99.8. The molecule has 0 heterocycles. The van der Waals surface area contributed by atoms with Crippen LogP contribution in [0.15, 0.2) is 0 Å². The third-order valence-corrected chi connectivity index (χ3v) is 18.7. The van der Waals surface area contributed by atoms with Gasteiger partial charge in [0.2, 0.25) is 0 Å². The van der Waals surface area contributed by atoms with E-state index in [1.807, 2.05) is 69.2 Å². The second kappa shape index (κ2) is 28.0. The van der Waals surface area contributed by atoms with Crippen molar-refractivity contribution in [3.63, 3.8) is 0 Å². The smallest absolute Gasteiger partial charge is 0.0311 e. The van der Waals surface area contributed by atoms with Gasteiger partial charge in [-0.3, -0.25) is 0 Å². The Hall–Kier alpha value is 0. The first-order valence-electron chi connectivity index (χ1n) is 53.9. The monoisotopic (exact) mass is 1160 g/mol. The highest BCUT2D eigenvalue weighted by molar-refractivity contribution is 4.99. The van der Waals surface area contributed by atoms with E-state index in [0.717, 1.165) is 84.0 Å². The van der Waals surface area contributed by atoms with Crippen molar-refractivity contribution in [2.45, 2.75) is 389 Å². The third-order valence-electron chi connectivity index (χ3n) is 18.7. The Balaban J connectivity index is 0.000000246. The molecule has 0 aromatic rings. The highest BCUT2D eigenvalue weighted by Crippen LogP contribution is 2.60. The Kier molecular flexibility index (Phi) is 10.3. The average molecular weight is 1160 g/mol. The summed E-state index contributed by atoms with van der Waals surface area (Å²) >= 11 is 0. The van der Waals surface area contributed by atoms with E-state index in [0.29, 0.717) is 52.4 Å². The summed E-state index contributed by atoms with van der Waals surface area (Å²) in [6.45, 7) is 32.2. The minimum absolute atomic E-state index is 0.0181. The first-order chi connectivity index (χ1) is 53.9. The maximum absolute atomic E-state index is 9.00. The summed E-state index contributed by atoms with van der Waals surface area (Å²) in [6, 6.07) is 0. The summed E-state index contributed by atoms with van der Waals surface area (Å²) in [5, 5.41) is 0. The van der Waals surface area contributed by atoms with Crippen molar-refractivity contribution in [1.29, 1.82) is 0 Å². The molecule has 0 N–H and O–H groups in total. The molecule has 10 aliphatic rings. The van der Waals surface area contributed by atoms with Gasteiger partial charge in [0.25, 0.3) is 0 Å². The average Bonchev–Trinajstić information content (AvgIpc) is 1.61. The van der Waals surface area contributed by atoms with Gasteiger partial charge in [0.05, 0.1) is 0 Å². The van der Waals surface area contributed by atoms with Gasteiger partial charge in [0, 0.05) is 61.7 Å².